The SMILES string of the molecule is CCc1nc(-c2ccc(-n3cnnc3)cc2)n(CC(F)(F)F)n1. The number of rotatable bonds is 4. The van der Waals surface area contributed by atoms with Gasteiger partial charge in [0.2, 0.25) is 0 Å². The summed E-state index contributed by atoms with van der Waals surface area (Å²) >= 11 is 0. The smallest absolute Gasteiger partial charge is 0.288 e. The van der Waals surface area contributed by atoms with E-state index in [0.717, 1.165) is 10.4 Å². The Morgan fingerprint density at radius 2 is 1.70 bits per heavy atom. The third-order valence-corrected chi connectivity index (χ3v) is 3.20. The highest BCUT2D eigenvalue weighted by atomic mass is 19.4. The molecule has 0 unspecified atom stereocenters. The van der Waals surface area contributed by atoms with Crippen LogP contribution < -0.4 is 0 Å². The van der Waals surface area contributed by atoms with Gasteiger partial charge in [-0.1, -0.05) is 6.92 Å². The van der Waals surface area contributed by atoms with Crippen LogP contribution in [0.2, 0.25) is 0 Å². The quantitative estimate of drug-likeness (QED) is 0.741. The Balaban J connectivity index is 1.96. The van der Waals surface area contributed by atoms with Crippen LogP contribution in [0, 0.1) is 0 Å². The van der Waals surface area contributed by atoms with E-state index in [1.807, 2.05) is 0 Å². The molecule has 2 heterocycles. The van der Waals surface area contributed by atoms with Gasteiger partial charge in [-0.2, -0.15) is 18.3 Å². The van der Waals surface area contributed by atoms with Gasteiger partial charge in [-0.3, -0.25) is 4.57 Å². The van der Waals surface area contributed by atoms with Crippen LogP contribution in [0.1, 0.15) is 12.7 Å². The van der Waals surface area contributed by atoms with Gasteiger partial charge in [-0.25, -0.2) is 9.67 Å². The zero-order valence-corrected chi connectivity index (χ0v) is 12.2. The molecular formula is C14H13F3N6. The number of nitrogens with zero attached hydrogens (tertiary/aromatic N) is 6. The number of hydrogen-bond acceptors (Lipinski definition) is 4. The van der Waals surface area contributed by atoms with Crippen molar-refractivity contribution in [3.8, 4) is 17.1 Å². The lowest BCUT2D eigenvalue weighted by Gasteiger charge is -2.09. The summed E-state index contributed by atoms with van der Waals surface area (Å²) in [6.07, 6.45) is -0.806. The molecule has 0 fully saturated rings. The number of benzene rings is 1. The van der Waals surface area contributed by atoms with Crippen LogP contribution in [-0.2, 0) is 13.0 Å². The minimum absolute atomic E-state index is 0.203. The monoisotopic (exact) mass is 322 g/mol. The molecule has 120 valence electrons. The highest BCUT2D eigenvalue weighted by Crippen LogP contribution is 2.24. The molecule has 1 aromatic carbocycles. The number of hydrogen-bond donors (Lipinski definition) is 0. The summed E-state index contributed by atoms with van der Waals surface area (Å²) in [5.41, 5.74) is 1.37. The number of aromatic nitrogens is 6. The normalized spacial score (nSPS) is 11.8. The molecule has 0 bridgehead atoms. The third-order valence-electron chi connectivity index (χ3n) is 3.20. The Morgan fingerprint density at radius 1 is 1.04 bits per heavy atom. The van der Waals surface area contributed by atoms with Crippen LogP contribution in [0.4, 0.5) is 13.2 Å². The average molecular weight is 322 g/mol. The third kappa shape index (κ3) is 3.38. The second-order valence-corrected chi connectivity index (χ2v) is 4.89. The Labute approximate surface area is 129 Å². The van der Waals surface area contributed by atoms with Gasteiger partial charge in [0, 0.05) is 17.7 Å². The predicted molar refractivity (Wildman–Crippen MR) is 75.8 cm³/mol. The van der Waals surface area contributed by atoms with Crippen molar-refractivity contribution < 1.29 is 13.2 Å². The first-order valence-corrected chi connectivity index (χ1v) is 6.92. The van der Waals surface area contributed by atoms with Gasteiger partial charge in [-0.15, -0.1) is 10.2 Å². The largest absolute Gasteiger partial charge is 0.408 e. The predicted octanol–water partition coefficient (Wildman–Crippen LogP) is 2.65. The van der Waals surface area contributed by atoms with Crippen LogP contribution in [-0.4, -0.2) is 35.7 Å². The van der Waals surface area contributed by atoms with Gasteiger partial charge in [0.05, 0.1) is 0 Å². The van der Waals surface area contributed by atoms with Crippen molar-refractivity contribution in [2.24, 2.45) is 0 Å². The van der Waals surface area contributed by atoms with E-state index in [4.69, 9.17) is 0 Å². The lowest BCUT2D eigenvalue weighted by molar-refractivity contribution is -0.142. The van der Waals surface area contributed by atoms with Gasteiger partial charge in [0.25, 0.3) is 0 Å². The number of aryl methyl sites for hydroxylation is 1. The maximum absolute atomic E-state index is 12.7. The van der Waals surface area contributed by atoms with E-state index in [-0.39, 0.29) is 5.82 Å². The van der Waals surface area contributed by atoms with Gasteiger partial charge < -0.3 is 0 Å². The summed E-state index contributed by atoms with van der Waals surface area (Å²) < 4.78 is 40.7. The average Bonchev–Trinajstić information content (AvgIpc) is 3.15. The van der Waals surface area contributed by atoms with E-state index < -0.39 is 12.7 Å². The summed E-state index contributed by atoms with van der Waals surface area (Å²) in [5, 5.41) is 11.3. The molecule has 9 heteroatoms. The maximum atomic E-state index is 12.7. The van der Waals surface area contributed by atoms with Crippen LogP contribution in [0.25, 0.3) is 17.1 Å². The topological polar surface area (TPSA) is 61.4 Å². The van der Waals surface area contributed by atoms with E-state index in [0.29, 0.717) is 17.8 Å². The fourth-order valence-corrected chi connectivity index (χ4v) is 2.15. The highest BCUT2D eigenvalue weighted by Gasteiger charge is 2.30. The number of alkyl halides is 3. The van der Waals surface area contributed by atoms with Crippen molar-refractivity contribution in [2.75, 3.05) is 0 Å². The van der Waals surface area contributed by atoms with Crippen molar-refractivity contribution in [1.82, 2.24) is 29.5 Å². The fraction of sp³-hybridized carbons (Fsp3) is 0.286. The minimum Gasteiger partial charge on any atom is -0.288 e. The molecule has 6 nitrogen and oxygen atoms in total. The van der Waals surface area contributed by atoms with Crippen molar-refractivity contribution in [3.63, 3.8) is 0 Å². The first kappa shape index (κ1) is 15.2. The lowest BCUT2D eigenvalue weighted by atomic mass is 10.2. The molecule has 0 N–H and O–H groups in total. The standard InChI is InChI=1S/C14H13F3N6/c1-2-12-20-13(23(21-12)7-14(15,16)17)10-3-5-11(6-4-10)22-8-18-19-9-22/h3-6,8-9H,2,7H2,1H3. The molecule has 0 saturated carbocycles. The van der Waals surface area contributed by atoms with Crippen LogP contribution in [0.15, 0.2) is 36.9 Å². The Kier molecular flexibility index (Phi) is 3.85. The summed E-state index contributed by atoms with van der Waals surface area (Å²) in [4.78, 5) is 4.20. The zero-order valence-electron chi connectivity index (χ0n) is 12.2. The first-order valence-electron chi connectivity index (χ1n) is 6.92. The molecule has 0 aliphatic heterocycles. The molecule has 0 aliphatic rings. The molecule has 0 spiro atoms. The molecule has 0 atom stereocenters. The van der Waals surface area contributed by atoms with E-state index >= 15 is 0 Å². The minimum atomic E-state index is -4.35. The molecule has 23 heavy (non-hydrogen) atoms. The summed E-state index contributed by atoms with van der Waals surface area (Å²) in [6, 6.07) is 6.92. The number of halogens is 3. The van der Waals surface area contributed by atoms with Crippen LogP contribution in [0.5, 0.6) is 0 Å². The van der Waals surface area contributed by atoms with Crippen molar-refractivity contribution in [3.05, 3.63) is 42.7 Å². The summed E-state index contributed by atoms with van der Waals surface area (Å²) in [5.74, 6) is 0.585. The van der Waals surface area contributed by atoms with Crippen LogP contribution in [0.3, 0.4) is 0 Å². The molecule has 3 rings (SSSR count). The maximum Gasteiger partial charge on any atom is 0.408 e. The molecule has 2 aromatic heterocycles. The molecular weight excluding hydrogens is 309 g/mol. The van der Waals surface area contributed by atoms with Gasteiger partial charge >= 0.3 is 6.18 Å². The molecule has 0 radical (unpaired) electrons. The van der Waals surface area contributed by atoms with E-state index in [1.54, 1.807) is 35.8 Å². The molecule has 3 aromatic rings. The van der Waals surface area contributed by atoms with Gasteiger partial charge in [-0.05, 0) is 24.3 Å². The van der Waals surface area contributed by atoms with Crippen molar-refractivity contribution >= 4 is 0 Å². The Hall–Kier alpha value is -2.71. The molecule has 0 amide bonds. The van der Waals surface area contributed by atoms with E-state index in [2.05, 4.69) is 20.3 Å². The van der Waals surface area contributed by atoms with E-state index in [1.165, 1.54) is 12.7 Å². The van der Waals surface area contributed by atoms with Gasteiger partial charge in [0.1, 0.15) is 19.2 Å². The fourth-order valence-electron chi connectivity index (χ4n) is 2.15. The van der Waals surface area contributed by atoms with Crippen molar-refractivity contribution in [2.45, 2.75) is 26.1 Å². The van der Waals surface area contributed by atoms with E-state index in [9.17, 15) is 13.2 Å². The lowest BCUT2D eigenvalue weighted by Crippen LogP contribution is -2.19. The molecule has 0 aliphatic carbocycles. The Bertz CT molecular complexity index is 774. The Morgan fingerprint density at radius 3 is 2.26 bits per heavy atom. The zero-order chi connectivity index (χ0) is 16.4. The summed E-state index contributed by atoms with van der Waals surface area (Å²) in [6.45, 7) is 0.634. The highest BCUT2D eigenvalue weighted by molar-refractivity contribution is 5.57. The second-order valence-electron chi connectivity index (χ2n) is 4.89. The van der Waals surface area contributed by atoms with Crippen molar-refractivity contribution in [1.29, 1.82) is 0 Å². The van der Waals surface area contributed by atoms with Crippen LogP contribution >= 0.6 is 0 Å². The van der Waals surface area contributed by atoms with Gasteiger partial charge in [0.15, 0.2) is 11.6 Å². The summed E-state index contributed by atoms with van der Waals surface area (Å²) in [7, 11) is 0. The molecule has 0 saturated heterocycles. The second kappa shape index (κ2) is 5.82. The first-order chi connectivity index (χ1) is 11.0.